The van der Waals surface area contributed by atoms with Crippen LogP contribution < -0.4 is 5.73 Å². The first-order valence-electron chi connectivity index (χ1n) is 12.7. The summed E-state index contributed by atoms with van der Waals surface area (Å²) in [5, 5.41) is 0. The predicted molar refractivity (Wildman–Crippen MR) is 135 cm³/mol. The Morgan fingerprint density at radius 1 is 1.00 bits per heavy atom. The molecule has 2 heterocycles. The van der Waals surface area contributed by atoms with Crippen molar-refractivity contribution in [3.63, 3.8) is 0 Å². The van der Waals surface area contributed by atoms with E-state index in [0.717, 1.165) is 43.2 Å². The lowest BCUT2D eigenvalue weighted by Crippen LogP contribution is -2.53. The van der Waals surface area contributed by atoms with Crippen LogP contribution in [0, 0.1) is 5.92 Å². The van der Waals surface area contributed by atoms with Crippen molar-refractivity contribution in [3.8, 4) is 0 Å². The molecule has 2 aromatic rings. The molecule has 0 spiro atoms. The number of rotatable bonds is 9. The van der Waals surface area contributed by atoms with E-state index < -0.39 is 6.04 Å². The molecule has 2 aliphatic rings. The van der Waals surface area contributed by atoms with Crippen LogP contribution in [0.1, 0.15) is 36.8 Å². The fourth-order valence-corrected chi connectivity index (χ4v) is 5.01. The minimum absolute atomic E-state index is 0.0000577. The largest absolute Gasteiger partial charge is 0.445 e. The third-order valence-electron chi connectivity index (χ3n) is 7.13. The maximum Gasteiger partial charge on any atom is 0.410 e. The van der Waals surface area contributed by atoms with E-state index in [2.05, 4.69) is 12.1 Å². The maximum absolute atomic E-state index is 13.3. The van der Waals surface area contributed by atoms with Crippen LogP contribution in [0.5, 0.6) is 0 Å². The molecular formula is C28H37N3O4. The standard InChI is InChI=1S/C28H37N3O4/c29-26(24-14-18-34-19-15-24)27(32)31-16-7-12-25(31)20-30(17-13-22-8-3-1-4-9-22)28(33)35-21-23-10-5-2-6-11-23/h1-6,8-11,24-26H,7,12-21,29H2/t25-,26-/m0/s1. The summed E-state index contributed by atoms with van der Waals surface area (Å²) in [5.74, 6) is 0.155. The average Bonchev–Trinajstić information content (AvgIpc) is 3.38. The van der Waals surface area contributed by atoms with E-state index in [0.29, 0.717) is 32.8 Å². The van der Waals surface area contributed by atoms with Crippen LogP contribution in [-0.2, 0) is 27.3 Å². The summed E-state index contributed by atoms with van der Waals surface area (Å²) < 4.78 is 11.1. The van der Waals surface area contributed by atoms with E-state index in [1.165, 1.54) is 0 Å². The molecule has 4 rings (SSSR count). The molecule has 0 unspecified atom stereocenters. The number of benzene rings is 2. The second kappa shape index (κ2) is 12.7. The SMILES string of the molecule is N[C@H](C(=O)N1CCC[C@H]1CN(CCc1ccccc1)C(=O)OCc1ccccc1)C1CCOCC1. The minimum atomic E-state index is -0.512. The Labute approximate surface area is 208 Å². The molecular weight excluding hydrogens is 442 g/mol. The van der Waals surface area contributed by atoms with Crippen molar-refractivity contribution >= 4 is 12.0 Å². The molecule has 2 fully saturated rings. The molecule has 2 aliphatic heterocycles. The third kappa shape index (κ3) is 7.05. The highest BCUT2D eigenvalue weighted by Crippen LogP contribution is 2.24. The van der Waals surface area contributed by atoms with Gasteiger partial charge in [-0.15, -0.1) is 0 Å². The van der Waals surface area contributed by atoms with Gasteiger partial charge >= 0.3 is 6.09 Å². The third-order valence-corrected chi connectivity index (χ3v) is 7.13. The van der Waals surface area contributed by atoms with Crippen LogP contribution in [0.25, 0.3) is 0 Å². The molecule has 2 aromatic carbocycles. The summed E-state index contributed by atoms with van der Waals surface area (Å²) in [6, 6.07) is 19.2. The summed E-state index contributed by atoms with van der Waals surface area (Å²) in [5.41, 5.74) is 8.53. The highest BCUT2D eigenvalue weighted by molar-refractivity contribution is 5.82. The molecule has 0 bridgehead atoms. The van der Waals surface area contributed by atoms with E-state index in [-0.39, 0.29) is 30.6 Å². The van der Waals surface area contributed by atoms with Gasteiger partial charge in [-0.2, -0.15) is 0 Å². The number of carbonyl (C=O) groups excluding carboxylic acids is 2. The first-order chi connectivity index (χ1) is 17.1. The van der Waals surface area contributed by atoms with Gasteiger partial charge in [-0.1, -0.05) is 60.7 Å². The van der Waals surface area contributed by atoms with E-state index in [1.54, 1.807) is 4.90 Å². The van der Waals surface area contributed by atoms with Crippen molar-refractivity contribution in [2.75, 3.05) is 32.8 Å². The van der Waals surface area contributed by atoms with Crippen molar-refractivity contribution in [2.45, 2.75) is 50.8 Å². The maximum atomic E-state index is 13.3. The zero-order valence-electron chi connectivity index (χ0n) is 20.4. The van der Waals surface area contributed by atoms with Crippen molar-refractivity contribution in [1.29, 1.82) is 0 Å². The Morgan fingerprint density at radius 3 is 2.34 bits per heavy atom. The Kier molecular flexibility index (Phi) is 9.15. The molecule has 7 nitrogen and oxygen atoms in total. The predicted octanol–water partition coefficient (Wildman–Crippen LogP) is 3.61. The number of hydrogen-bond donors (Lipinski definition) is 1. The van der Waals surface area contributed by atoms with Gasteiger partial charge in [-0.25, -0.2) is 4.79 Å². The zero-order valence-corrected chi connectivity index (χ0v) is 20.4. The lowest BCUT2D eigenvalue weighted by Gasteiger charge is -2.34. The number of nitrogens with two attached hydrogens (primary N) is 1. The second-order valence-electron chi connectivity index (χ2n) is 9.53. The fraction of sp³-hybridized carbons (Fsp3) is 0.500. The summed E-state index contributed by atoms with van der Waals surface area (Å²) in [6.45, 7) is 3.22. The van der Waals surface area contributed by atoms with Crippen molar-refractivity contribution < 1.29 is 19.1 Å². The van der Waals surface area contributed by atoms with E-state index in [4.69, 9.17) is 15.2 Å². The van der Waals surface area contributed by atoms with Crippen LogP contribution in [-0.4, -0.2) is 66.7 Å². The quantitative estimate of drug-likeness (QED) is 0.594. The first-order valence-corrected chi connectivity index (χ1v) is 12.7. The second-order valence-corrected chi connectivity index (χ2v) is 9.53. The molecule has 0 radical (unpaired) electrons. The van der Waals surface area contributed by atoms with Gasteiger partial charge in [0.25, 0.3) is 0 Å². The molecule has 2 amide bonds. The van der Waals surface area contributed by atoms with Crippen LogP contribution in [0.4, 0.5) is 4.79 Å². The summed E-state index contributed by atoms with van der Waals surface area (Å²) in [7, 11) is 0. The highest BCUT2D eigenvalue weighted by Gasteiger charge is 2.37. The lowest BCUT2D eigenvalue weighted by molar-refractivity contribution is -0.135. The number of likely N-dealkylation sites (tertiary alicyclic amines) is 1. The Hall–Kier alpha value is -2.90. The zero-order chi connectivity index (χ0) is 24.5. The van der Waals surface area contributed by atoms with Gasteiger partial charge in [-0.05, 0) is 49.1 Å². The topological polar surface area (TPSA) is 85.1 Å². The molecule has 2 N–H and O–H groups in total. The average molecular weight is 480 g/mol. The van der Waals surface area contributed by atoms with E-state index >= 15 is 0 Å². The van der Waals surface area contributed by atoms with E-state index in [1.807, 2.05) is 53.4 Å². The fourth-order valence-electron chi connectivity index (χ4n) is 5.01. The van der Waals surface area contributed by atoms with Gasteiger partial charge in [0.05, 0.1) is 6.04 Å². The smallest absolute Gasteiger partial charge is 0.410 e. The van der Waals surface area contributed by atoms with Gasteiger partial charge in [0.2, 0.25) is 5.91 Å². The Bertz CT molecular complexity index is 934. The van der Waals surface area contributed by atoms with Crippen LogP contribution in [0.2, 0.25) is 0 Å². The molecule has 35 heavy (non-hydrogen) atoms. The normalized spacial score (nSPS) is 19.3. The van der Waals surface area contributed by atoms with E-state index in [9.17, 15) is 9.59 Å². The molecule has 2 saturated heterocycles. The number of carbonyl (C=O) groups is 2. The number of hydrogen-bond acceptors (Lipinski definition) is 5. The summed E-state index contributed by atoms with van der Waals surface area (Å²) in [4.78, 5) is 30.1. The molecule has 0 saturated carbocycles. The molecule has 0 aliphatic carbocycles. The Morgan fingerprint density at radius 2 is 1.66 bits per heavy atom. The van der Waals surface area contributed by atoms with Gasteiger partial charge in [0, 0.05) is 38.9 Å². The van der Waals surface area contributed by atoms with Gasteiger partial charge in [0.15, 0.2) is 0 Å². The monoisotopic (exact) mass is 479 g/mol. The van der Waals surface area contributed by atoms with Crippen LogP contribution in [0.15, 0.2) is 60.7 Å². The molecule has 7 heteroatoms. The summed E-state index contributed by atoms with van der Waals surface area (Å²) >= 11 is 0. The van der Waals surface area contributed by atoms with Crippen molar-refractivity contribution in [1.82, 2.24) is 9.80 Å². The molecule has 2 atom stereocenters. The molecule has 0 aromatic heterocycles. The van der Waals surface area contributed by atoms with Gasteiger partial charge in [0.1, 0.15) is 6.61 Å². The Balaban J connectivity index is 1.41. The molecule has 188 valence electrons. The van der Waals surface area contributed by atoms with Crippen molar-refractivity contribution in [3.05, 3.63) is 71.8 Å². The van der Waals surface area contributed by atoms with Gasteiger partial charge < -0.3 is 25.0 Å². The summed E-state index contributed by atoms with van der Waals surface area (Å²) in [6.07, 6.45) is 3.80. The highest BCUT2D eigenvalue weighted by atomic mass is 16.6. The lowest BCUT2D eigenvalue weighted by atomic mass is 9.91. The van der Waals surface area contributed by atoms with Crippen LogP contribution >= 0.6 is 0 Å². The number of nitrogens with zero attached hydrogens (tertiary/aromatic N) is 2. The minimum Gasteiger partial charge on any atom is -0.445 e. The first kappa shape index (κ1) is 25.2. The van der Waals surface area contributed by atoms with Crippen molar-refractivity contribution in [2.24, 2.45) is 11.7 Å². The van der Waals surface area contributed by atoms with Gasteiger partial charge in [-0.3, -0.25) is 4.79 Å². The number of ether oxygens (including phenoxy) is 2. The number of amides is 2. The van der Waals surface area contributed by atoms with Crippen LogP contribution in [0.3, 0.4) is 0 Å².